The monoisotopic (exact) mass is 336 g/mol. The first-order valence-electron chi connectivity index (χ1n) is 9.06. The first-order valence-corrected chi connectivity index (χ1v) is 9.06. The fraction of sp³-hybridized carbons (Fsp3) is 0.455. The van der Waals surface area contributed by atoms with Gasteiger partial charge in [0.25, 0.3) is 0 Å². The molecule has 1 aliphatic heterocycles. The Morgan fingerprint density at radius 1 is 1.00 bits per heavy atom. The van der Waals surface area contributed by atoms with Gasteiger partial charge >= 0.3 is 7.12 Å². The van der Waals surface area contributed by atoms with E-state index in [1.807, 2.05) is 6.08 Å². The van der Waals surface area contributed by atoms with E-state index in [9.17, 15) is 0 Å². The summed E-state index contributed by atoms with van der Waals surface area (Å²) in [6, 6.07) is 8.60. The van der Waals surface area contributed by atoms with E-state index >= 15 is 0 Å². The highest BCUT2D eigenvalue weighted by Gasteiger charge is 2.53. The minimum Gasteiger partial charge on any atom is -0.399 e. The summed E-state index contributed by atoms with van der Waals surface area (Å²) in [7, 11) is -0.373. The molecule has 1 aliphatic carbocycles. The van der Waals surface area contributed by atoms with Gasteiger partial charge in [-0.25, -0.2) is 0 Å². The molecule has 0 spiro atoms. The molecule has 1 heterocycles. The minimum atomic E-state index is -0.373. The largest absolute Gasteiger partial charge is 0.495 e. The molecule has 0 atom stereocenters. The van der Waals surface area contributed by atoms with E-state index in [0.717, 1.165) is 5.47 Å². The van der Waals surface area contributed by atoms with Crippen LogP contribution in [-0.2, 0) is 14.7 Å². The van der Waals surface area contributed by atoms with E-state index in [4.69, 9.17) is 9.31 Å². The fourth-order valence-corrected chi connectivity index (χ4v) is 3.89. The molecule has 1 saturated heterocycles. The van der Waals surface area contributed by atoms with Crippen molar-refractivity contribution in [2.45, 2.75) is 65.1 Å². The summed E-state index contributed by atoms with van der Waals surface area (Å²) in [5, 5.41) is 0. The van der Waals surface area contributed by atoms with E-state index in [-0.39, 0.29) is 23.7 Å². The molecule has 2 nitrogen and oxygen atoms in total. The number of fused-ring (bicyclic) bond motifs is 1. The summed E-state index contributed by atoms with van der Waals surface area (Å²) in [5.41, 5.74) is 5.33. The molecule has 0 N–H and O–H groups in total. The van der Waals surface area contributed by atoms with Crippen LogP contribution < -0.4 is 0 Å². The number of hydrogen-bond donors (Lipinski definition) is 0. The molecule has 0 amide bonds. The van der Waals surface area contributed by atoms with Crippen molar-refractivity contribution in [2.24, 2.45) is 0 Å². The average Bonchev–Trinajstić information content (AvgIpc) is 2.88. The Bertz CT molecular complexity index is 765. The van der Waals surface area contributed by atoms with Crippen LogP contribution in [0.1, 0.15) is 59.6 Å². The van der Waals surface area contributed by atoms with Crippen molar-refractivity contribution >= 4 is 12.7 Å². The smallest absolute Gasteiger partial charge is 0.399 e. The number of benzene rings is 1. The third-order valence-electron chi connectivity index (χ3n) is 6.12. The Kier molecular flexibility index (Phi) is 4.17. The van der Waals surface area contributed by atoms with Crippen LogP contribution >= 0.6 is 0 Å². The molecule has 0 radical (unpaired) electrons. The molecule has 0 saturated carbocycles. The van der Waals surface area contributed by atoms with Crippen molar-refractivity contribution in [1.29, 1.82) is 0 Å². The Balaban J connectivity index is 2.15. The predicted molar refractivity (Wildman–Crippen MR) is 106 cm³/mol. The van der Waals surface area contributed by atoms with Gasteiger partial charge in [-0.15, -0.1) is 0 Å². The van der Waals surface area contributed by atoms with Gasteiger partial charge in [0.1, 0.15) is 0 Å². The van der Waals surface area contributed by atoms with Crippen LogP contribution in [0.15, 0.2) is 54.0 Å². The van der Waals surface area contributed by atoms with Gasteiger partial charge in [-0.05, 0) is 62.4 Å². The lowest BCUT2D eigenvalue weighted by Gasteiger charge is -2.32. The first kappa shape index (κ1) is 18.2. The lowest BCUT2D eigenvalue weighted by atomic mass is 9.71. The third-order valence-corrected chi connectivity index (χ3v) is 6.12. The molecule has 132 valence electrons. The highest BCUT2D eigenvalue weighted by atomic mass is 16.7. The minimum absolute atomic E-state index is 0.0778. The second-order valence-corrected chi connectivity index (χ2v) is 8.50. The normalized spacial score (nSPS) is 23.8. The SMILES string of the molecule is C=CC1=C(/C(=C\C)B2OC(C)(C)C(C)(C)O2)c2ccccc2C1(C)C. The Morgan fingerprint density at radius 3 is 2.08 bits per heavy atom. The maximum Gasteiger partial charge on any atom is 0.495 e. The van der Waals surface area contributed by atoms with Crippen molar-refractivity contribution in [3.8, 4) is 0 Å². The fourth-order valence-electron chi connectivity index (χ4n) is 3.89. The van der Waals surface area contributed by atoms with Crippen molar-refractivity contribution in [2.75, 3.05) is 0 Å². The summed E-state index contributed by atoms with van der Waals surface area (Å²) < 4.78 is 12.7. The summed E-state index contributed by atoms with van der Waals surface area (Å²) in [6.07, 6.45) is 4.11. The lowest BCUT2D eigenvalue weighted by Crippen LogP contribution is -2.41. The Labute approximate surface area is 152 Å². The zero-order valence-corrected chi connectivity index (χ0v) is 16.6. The summed E-state index contributed by atoms with van der Waals surface area (Å²) >= 11 is 0. The predicted octanol–water partition coefficient (Wildman–Crippen LogP) is 5.50. The summed E-state index contributed by atoms with van der Waals surface area (Å²) in [4.78, 5) is 0. The second kappa shape index (κ2) is 5.72. The van der Waals surface area contributed by atoms with Crippen molar-refractivity contribution < 1.29 is 9.31 Å². The molecule has 3 rings (SSSR count). The molecule has 1 aromatic rings. The maximum atomic E-state index is 6.35. The highest BCUT2D eigenvalue weighted by Crippen LogP contribution is 2.51. The lowest BCUT2D eigenvalue weighted by molar-refractivity contribution is 0.00578. The van der Waals surface area contributed by atoms with Gasteiger partial charge in [-0.2, -0.15) is 0 Å². The molecular formula is C22H29BO2. The molecule has 1 fully saturated rings. The van der Waals surface area contributed by atoms with Crippen LogP contribution in [0.25, 0.3) is 5.57 Å². The molecule has 0 bridgehead atoms. The Morgan fingerprint density at radius 2 is 1.56 bits per heavy atom. The van der Waals surface area contributed by atoms with Gasteiger partial charge in [0, 0.05) is 5.41 Å². The zero-order chi connectivity index (χ0) is 18.6. The second-order valence-electron chi connectivity index (χ2n) is 8.50. The molecule has 1 aromatic carbocycles. The van der Waals surface area contributed by atoms with E-state index < -0.39 is 0 Å². The molecule has 0 unspecified atom stereocenters. The van der Waals surface area contributed by atoms with E-state index in [0.29, 0.717) is 0 Å². The molecule has 25 heavy (non-hydrogen) atoms. The van der Waals surface area contributed by atoms with Gasteiger partial charge in [0.05, 0.1) is 11.2 Å². The molecule has 2 aliphatic rings. The zero-order valence-electron chi connectivity index (χ0n) is 16.6. The number of rotatable bonds is 3. The molecule has 0 aromatic heterocycles. The van der Waals surface area contributed by atoms with Crippen LogP contribution in [0.5, 0.6) is 0 Å². The quantitative estimate of drug-likeness (QED) is 0.679. The topological polar surface area (TPSA) is 18.5 Å². The average molecular weight is 336 g/mol. The van der Waals surface area contributed by atoms with Gasteiger partial charge in [0.15, 0.2) is 0 Å². The van der Waals surface area contributed by atoms with Crippen molar-refractivity contribution in [3.63, 3.8) is 0 Å². The van der Waals surface area contributed by atoms with Gasteiger partial charge in [-0.1, -0.05) is 56.8 Å². The van der Waals surface area contributed by atoms with Crippen LogP contribution in [-0.4, -0.2) is 18.3 Å². The Hall–Kier alpha value is -1.58. The van der Waals surface area contributed by atoms with Crippen LogP contribution in [0.3, 0.4) is 0 Å². The number of hydrogen-bond acceptors (Lipinski definition) is 2. The summed E-state index contributed by atoms with van der Waals surface area (Å²) in [6.45, 7) is 19.0. The summed E-state index contributed by atoms with van der Waals surface area (Å²) in [5.74, 6) is 0. The van der Waals surface area contributed by atoms with Crippen LogP contribution in [0.4, 0.5) is 0 Å². The van der Waals surface area contributed by atoms with Gasteiger partial charge in [0.2, 0.25) is 0 Å². The van der Waals surface area contributed by atoms with E-state index in [2.05, 4.69) is 85.4 Å². The van der Waals surface area contributed by atoms with Crippen molar-refractivity contribution in [3.05, 3.63) is 65.2 Å². The van der Waals surface area contributed by atoms with Crippen molar-refractivity contribution in [1.82, 2.24) is 0 Å². The van der Waals surface area contributed by atoms with Crippen LogP contribution in [0.2, 0.25) is 0 Å². The molecular weight excluding hydrogens is 307 g/mol. The maximum absolute atomic E-state index is 6.35. The van der Waals surface area contributed by atoms with E-state index in [1.165, 1.54) is 22.3 Å². The van der Waals surface area contributed by atoms with E-state index in [1.54, 1.807) is 0 Å². The standard InChI is InChI=1S/C22H29BO2/c1-9-16-19(15-13-11-12-14-17(15)20(16,3)4)18(10-2)23-24-21(5,6)22(7,8)25-23/h9-14H,1H2,2-8H3/b18-10+. The molecule has 3 heteroatoms. The third kappa shape index (κ3) is 2.56. The first-order chi connectivity index (χ1) is 11.6. The van der Waals surface area contributed by atoms with Gasteiger partial charge < -0.3 is 9.31 Å². The van der Waals surface area contributed by atoms with Gasteiger partial charge in [-0.3, -0.25) is 0 Å². The number of allylic oxidation sites excluding steroid dienone is 5. The highest BCUT2D eigenvalue weighted by molar-refractivity contribution is 6.59. The van der Waals surface area contributed by atoms with Crippen LogP contribution in [0, 0.1) is 0 Å².